The lowest BCUT2D eigenvalue weighted by atomic mass is 9.82. The van der Waals surface area contributed by atoms with E-state index >= 15 is 0 Å². The number of hydrogen-bond donors (Lipinski definition) is 2. The minimum Gasteiger partial charge on any atom is -0.463 e. The van der Waals surface area contributed by atoms with Crippen molar-refractivity contribution in [3.63, 3.8) is 0 Å². The second kappa shape index (κ2) is 7.06. The molecule has 9 heteroatoms. The smallest absolute Gasteiger partial charge is 0.290 e. The molecule has 0 spiro atoms. The fourth-order valence-electron chi connectivity index (χ4n) is 4.37. The second-order valence-corrected chi connectivity index (χ2v) is 8.18. The fraction of sp³-hybridized carbons (Fsp3) is 0.500. The average Bonchev–Trinajstić information content (AvgIpc) is 3.20. The van der Waals surface area contributed by atoms with Crippen LogP contribution in [0.2, 0.25) is 0 Å². The third-order valence-electron chi connectivity index (χ3n) is 5.86. The molecular formula is C20H25N5O4. The number of carbonyl (C=O) groups is 2. The molecule has 1 aliphatic carbocycles. The number of piperazine rings is 1. The topological polar surface area (TPSA) is 123 Å². The minimum absolute atomic E-state index is 0.0228. The predicted octanol–water partition coefficient (Wildman–Crippen LogP) is 1.13. The molecule has 2 fully saturated rings. The van der Waals surface area contributed by atoms with Gasteiger partial charge in [0.15, 0.2) is 5.76 Å². The Labute approximate surface area is 167 Å². The number of nitrogens with one attached hydrogen (secondary N) is 1. The number of nitrogens with zero attached hydrogens (tertiary/aromatic N) is 3. The summed E-state index contributed by atoms with van der Waals surface area (Å²) in [5.74, 6) is -0.0616. The molecule has 2 unspecified atom stereocenters. The van der Waals surface area contributed by atoms with Gasteiger partial charge < -0.3 is 20.4 Å². The Hall–Kier alpha value is -3.10. The van der Waals surface area contributed by atoms with Crippen molar-refractivity contribution in [2.24, 2.45) is 0 Å². The van der Waals surface area contributed by atoms with E-state index in [0.717, 1.165) is 30.4 Å². The monoisotopic (exact) mass is 399 g/mol. The number of nitrogens with two attached hydrogens (primary N) is 1. The lowest BCUT2D eigenvalue weighted by Crippen LogP contribution is -2.72. The van der Waals surface area contributed by atoms with Crippen molar-refractivity contribution in [3.8, 4) is 11.5 Å². The molecule has 2 aliphatic rings. The first-order valence-electron chi connectivity index (χ1n) is 9.83. The van der Waals surface area contributed by atoms with Crippen LogP contribution in [-0.4, -0.2) is 44.1 Å². The summed E-state index contributed by atoms with van der Waals surface area (Å²) in [5.41, 5.74) is 4.64. The SMILES string of the molecule is CC1(C)C(=O)NC2CCCCC2N1C(=O)Cn1nc(-c2ccco2)cc(N)c1=O. The Kier molecular flexibility index (Phi) is 4.68. The van der Waals surface area contributed by atoms with Gasteiger partial charge in [0.2, 0.25) is 11.8 Å². The first-order chi connectivity index (χ1) is 13.8. The van der Waals surface area contributed by atoms with Crippen molar-refractivity contribution in [2.45, 2.75) is 63.7 Å². The summed E-state index contributed by atoms with van der Waals surface area (Å²) in [4.78, 5) is 40.1. The lowest BCUT2D eigenvalue weighted by Gasteiger charge is -2.52. The molecule has 29 heavy (non-hydrogen) atoms. The van der Waals surface area contributed by atoms with E-state index in [1.54, 1.807) is 30.9 Å². The van der Waals surface area contributed by atoms with Gasteiger partial charge in [0.1, 0.15) is 23.5 Å². The molecule has 154 valence electrons. The summed E-state index contributed by atoms with van der Waals surface area (Å²) < 4.78 is 6.38. The highest BCUT2D eigenvalue weighted by Crippen LogP contribution is 2.33. The van der Waals surface area contributed by atoms with Crippen molar-refractivity contribution in [3.05, 3.63) is 34.8 Å². The molecule has 1 saturated carbocycles. The van der Waals surface area contributed by atoms with Gasteiger partial charge in [-0.1, -0.05) is 12.8 Å². The first-order valence-corrected chi connectivity index (χ1v) is 9.83. The van der Waals surface area contributed by atoms with Crippen molar-refractivity contribution < 1.29 is 14.0 Å². The standard InChI is InChI=1S/C20H25N5O4/c1-20(2)19(28)22-13-6-3-4-7-15(13)25(20)17(26)11-24-18(27)12(21)10-14(23-24)16-8-5-9-29-16/h5,8-10,13,15H,3-4,6-7,11,21H2,1-2H3,(H,22,28). The summed E-state index contributed by atoms with van der Waals surface area (Å²) in [6.07, 6.45) is 5.17. The molecule has 0 aromatic carbocycles. The van der Waals surface area contributed by atoms with Crippen LogP contribution in [0, 0.1) is 0 Å². The number of carbonyl (C=O) groups excluding carboxylic acids is 2. The van der Waals surface area contributed by atoms with E-state index in [2.05, 4.69) is 10.4 Å². The zero-order valence-corrected chi connectivity index (χ0v) is 16.6. The number of fused-ring (bicyclic) bond motifs is 1. The van der Waals surface area contributed by atoms with Gasteiger partial charge in [-0.2, -0.15) is 5.10 Å². The average molecular weight is 399 g/mol. The molecule has 1 saturated heterocycles. The van der Waals surface area contributed by atoms with Gasteiger partial charge in [-0.3, -0.25) is 14.4 Å². The quantitative estimate of drug-likeness (QED) is 0.798. The number of rotatable bonds is 3. The lowest BCUT2D eigenvalue weighted by molar-refractivity contribution is -0.158. The highest BCUT2D eigenvalue weighted by Gasteiger charge is 2.49. The highest BCUT2D eigenvalue weighted by molar-refractivity contribution is 5.92. The Bertz CT molecular complexity index is 995. The van der Waals surface area contributed by atoms with Crippen LogP contribution in [0.25, 0.3) is 11.5 Å². The number of amides is 2. The first kappa shape index (κ1) is 19.2. The molecule has 9 nitrogen and oxygen atoms in total. The number of hydrogen-bond acceptors (Lipinski definition) is 6. The maximum atomic E-state index is 13.3. The van der Waals surface area contributed by atoms with E-state index in [0.29, 0.717) is 11.5 Å². The molecular weight excluding hydrogens is 374 g/mol. The summed E-state index contributed by atoms with van der Waals surface area (Å²) in [7, 11) is 0. The van der Waals surface area contributed by atoms with Crippen LogP contribution >= 0.6 is 0 Å². The zero-order chi connectivity index (χ0) is 20.8. The van der Waals surface area contributed by atoms with Crippen LogP contribution in [0.5, 0.6) is 0 Å². The molecule has 0 radical (unpaired) electrons. The fourth-order valence-corrected chi connectivity index (χ4v) is 4.37. The predicted molar refractivity (Wildman–Crippen MR) is 106 cm³/mol. The summed E-state index contributed by atoms with van der Waals surface area (Å²) in [6.45, 7) is 3.17. The zero-order valence-electron chi connectivity index (χ0n) is 16.6. The van der Waals surface area contributed by atoms with Gasteiger partial charge >= 0.3 is 0 Å². The minimum atomic E-state index is -1.01. The van der Waals surface area contributed by atoms with Crippen LogP contribution in [0.3, 0.4) is 0 Å². The number of anilines is 1. The van der Waals surface area contributed by atoms with Gasteiger partial charge in [0, 0.05) is 6.04 Å². The second-order valence-electron chi connectivity index (χ2n) is 8.18. The van der Waals surface area contributed by atoms with Crippen LogP contribution in [-0.2, 0) is 16.1 Å². The third-order valence-corrected chi connectivity index (χ3v) is 5.86. The van der Waals surface area contributed by atoms with Crippen molar-refractivity contribution in [2.75, 3.05) is 5.73 Å². The van der Waals surface area contributed by atoms with E-state index in [-0.39, 0.29) is 36.1 Å². The number of nitrogen functional groups attached to an aromatic ring is 1. The van der Waals surface area contributed by atoms with E-state index in [1.807, 2.05) is 0 Å². The molecule has 1 aliphatic heterocycles. The largest absolute Gasteiger partial charge is 0.463 e. The van der Waals surface area contributed by atoms with E-state index in [9.17, 15) is 14.4 Å². The summed E-state index contributed by atoms with van der Waals surface area (Å²) in [6, 6.07) is 4.68. The maximum absolute atomic E-state index is 13.3. The molecule has 2 aromatic heterocycles. The van der Waals surface area contributed by atoms with Crippen LogP contribution < -0.4 is 16.6 Å². The highest BCUT2D eigenvalue weighted by atomic mass is 16.3. The molecule has 2 aromatic rings. The Balaban J connectivity index is 1.67. The third kappa shape index (κ3) is 3.30. The van der Waals surface area contributed by atoms with E-state index in [4.69, 9.17) is 10.2 Å². The van der Waals surface area contributed by atoms with E-state index < -0.39 is 11.1 Å². The molecule has 2 atom stereocenters. The van der Waals surface area contributed by atoms with Crippen LogP contribution in [0.1, 0.15) is 39.5 Å². The normalized spacial score (nSPS) is 23.4. The Morgan fingerprint density at radius 1 is 1.34 bits per heavy atom. The number of furan rings is 1. The maximum Gasteiger partial charge on any atom is 0.290 e. The van der Waals surface area contributed by atoms with Gasteiger partial charge in [0.25, 0.3) is 5.56 Å². The summed E-state index contributed by atoms with van der Waals surface area (Å²) in [5, 5.41) is 7.32. The summed E-state index contributed by atoms with van der Waals surface area (Å²) >= 11 is 0. The molecule has 3 N–H and O–H groups in total. The Morgan fingerprint density at radius 3 is 2.83 bits per heavy atom. The Morgan fingerprint density at radius 2 is 2.10 bits per heavy atom. The molecule has 2 amide bonds. The van der Waals surface area contributed by atoms with Crippen molar-refractivity contribution >= 4 is 17.5 Å². The van der Waals surface area contributed by atoms with Gasteiger partial charge in [0.05, 0.1) is 12.3 Å². The molecule has 4 rings (SSSR count). The van der Waals surface area contributed by atoms with E-state index in [1.165, 1.54) is 12.3 Å². The van der Waals surface area contributed by atoms with Crippen molar-refractivity contribution in [1.29, 1.82) is 0 Å². The van der Waals surface area contributed by atoms with Crippen LogP contribution in [0.4, 0.5) is 5.69 Å². The molecule has 0 bridgehead atoms. The van der Waals surface area contributed by atoms with Gasteiger partial charge in [-0.25, -0.2) is 4.68 Å². The number of aromatic nitrogens is 2. The van der Waals surface area contributed by atoms with Gasteiger partial charge in [-0.05, 0) is 44.9 Å². The van der Waals surface area contributed by atoms with Crippen LogP contribution in [0.15, 0.2) is 33.7 Å². The van der Waals surface area contributed by atoms with Gasteiger partial charge in [-0.15, -0.1) is 0 Å². The van der Waals surface area contributed by atoms with Crippen molar-refractivity contribution in [1.82, 2.24) is 20.0 Å². The molecule has 3 heterocycles.